The molecule has 1 rings (SSSR count). The molecule has 8 nitrogen and oxygen atoms in total. The molecule has 1 atom stereocenters. The molecule has 1 fully saturated rings. The van der Waals surface area contributed by atoms with Gasteiger partial charge in [-0.1, -0.05) is 75.8 Å². The van der Waals surface area contributed by atoms with Gasteiger partial charge in [0.25, 0.3) is 0 Å². The summed E-state index contributed by atoms with van der Waals surface area (Å²) in [5, 5.41) is 18.5. The number of aliphatic hydroxyl groups is 2. The summed E-state index contributed by atoms with van der Waals surface area (Å²) in [7, 11) is 1.55. The summed E-state index contributed by atoms with van der Waals surface area (Å²) in [6, 6.07) is 0. The molecule has 54 heavy (non-hydrogen) atoms. The Morgan fingerprint density at radius 3 is 1.59 bits per heavy atom. The van der Waals surface area contributed by atoms with E-state index in [2.05, 4.69) is 122 Å². The molecule has 0 saturated heterocycles. The second-order valence-corrected chi connectivity index (χ2v) is 19.7. The van der Waals surface area contributed by atoms with E-state index in [0.717, 1.165) is 32.5 Å². The topological polar surface area (TPSA) is 95.8 Å². The van der Waals surface area contributed by atoms with Gasteiger partial charge in [0, 0.05) is 13.7 Å². The van der Waals surface area contributed by atoms with Crippen molar-refractivity contribution >= 4 is 0 Å². The molecule has 8 heteroatoms. The van der Waals surface area contributed by atoms with E-state index in [4.69, 9.17) is 28.8 Å². The molecule has 1 aliphatic carbocycles. The van der Waals surface area contributed by atoms with E-state index >= 15 is 0 Å². The monoisotopic (exact) mass is 775 g/mol. The Morgan fingerprint density at radius 2 is 1.17 bits per heavy atom. The molecule has 0 spiro atoms. The second kappa shape index (κ2) is 24.9. The summed E-state index contributed by atoms with van der Waals surface area (Å²) in [4.78, 5) is 0. The van der Waals surface area contributed by atoms with Crippen LogP contribution in [0.2, 0.25) is 0 Å². The molecule has 326 valence electrons. The molecule has 0 aliphatic heterocycles. The highest BCUT2D eigenvalue weighted by Crippen LogP contribution is 2.52. The van der Waals surface area contributed by atoms with Crippen LogP contribution in [0.15, 0.2) is 12.8 Å². The lowest BCUT2D eigenvalue weighted by Crippen LogP contribution is -2.53. The van der Waals surface area contributed by atoms with Crippen molar-refractivity contribution in [2.75, 3.05) is 53.4 Å². The number of methoxy groups -OCH3 is 1. The van der Waals surface area contributed by atoms with Gasteiger partial charge in [0.15, 0.2) is 0 Å². The van der Waals surface area contributed by atoms with Crippen molar-refractivity contribution in [1.29, 1.82) is 0 Å². The van der Waals surface area contributed by atoms with Gasteiger partial charge in [-0.3, -0.25) is 0 Å². The van der Waals surface area contributed by atoms with Crippen LogP contribution in [-0.2, 0) is 28.4 Å². The Labute approximate surface area is 336 Å². The van der Waals surface area contributed by atoms with Gasteiger partial charge in [-0.05, 0) is 134 Å². The molecule has 0 amide bonds. The summed E-state index contributed by atoms with van der Waals surface area (Å²) < 4.78 is 36.1. The maximum atomic E-state index is 10.5. The molecule has 0 heterocycles. The SMILES string of the molecule is C=COCC1CCC(COC(C)(C)CCOC(C)(C)C(C)(C)C(C)(C)CC(CO)OC(C)(C)C(C)(C)CCOC(C)(C)C(C)C)CC1.CC.COCCO. The van der Waals surface area contributed by atoms with Gasteiger partial charge in [0.2, 0.25) is 0 Å². The average Bonchev–Trinajstić information content (AvgIpc) is 3.07. The Hall–Kier alpha value is -0.740. The van der Waals surface area contributed by atoms with Crippen molar-refractivity contribution in [2.45, 2.75) is 198 Å². The fourth-order valence-electron chi connectivity index (χ4n) is 6.40. The number of rotatable bonds is 25. The molecule has 0 aromatic carbocycles. The summed E-state index contributed by atoms with van der Waals surface area (Å²) >= 11 is 0. The molecule has 0 radical (unpaired) electrons. The van der Waals surface area contributed by atoms with Gasteiger partial charge < -0.3 is 38.6 Å². The fourth-order valence-corrected chi connectivity index (χ4v) is 6.40. The second-order valence-electron chi connectivity index (χ2n) is 19.7. The van der Waals surface area contributed by atoms with E-state index in [-0.39, 0.29) is 46.8 Å². The first-order chi connectivity index (χ1) is 24.7. The molecule has 0 bridgehead atoms. The van der Waals surface area contributed by atoms with Crippen molar-refractivity contribution in [2.24, 2.45) is 34.0 Å². The average molecular weight is 775 g/mol. The number of ether oxygens (including phenoxy) is 6. The molecule has 0 aromatic heterocycles. The lowest BCUT2D eigenvalue weighted by molar-refractivity contribution is -0.191. The van der Waals surface area contributed by atoms with Gasteiger partial charge >= 0.3 is 0 Å². The first kappa shape index (κ1) is 55.4. The highest BCUT2D eigenvalue weighted by molar-refractivity contribution is 5.00. The summed E-state index contributed by atoms with van der Waals surface area (Å²) in [6.07, 6.45) is 8.49. The molecule has 1 aliphatic rings. The zero-order valence-corrected chi connectivity index (χ0v) is 39.3. The van der Waals surface area contributed by atoms with Crippen molar-refractivity contribution < 1.29 is 38.6 Å². The van der Waals surface area contributed by atoms with Crippen LogP contribution in [0.25, 0.3) is 0 Å². The maximum absolute atomic E-state index is 10.5. The van der Waals surface area contributed by atoms with Crippen LogP contribution in [0.5, 0.6) is 0 Å². The van der Waals surface area contributed by atoms with E-state index in [9.17, 15) is 5.11 Å². The molecular weight excluding hydrogens is 680 g/mol. The van der Waals surface area contributed by atoms with Gasteiger partial charge in [-0.2, -0.15) is 0 Å². The Balaban J connectivity index is 0. The van der Waals surface area contributed by atoms with Crippen LogP contribution in [0, 0.1) is 34.0 Å². The minimum atomic E-state index is -0.456. The van der Waals surface area contributed by atoms with E-state index in [1.165, 1.54) is 25.7 Å². The maximum Gasteiger partial charge on any atom is 0.0901 e. The van der Waals surface area contributed by atoms with Crippen LogP contribution in [-0.4, -0.2) is 92.1 Å². The van der Waals surface area contributed by atoms with Gasteiger partial charge in [-0.15, -0.1) is 0 Å². The summed E-state index contributed by atoms with van der Waals surface area (Å²) in [5.74, 6) is 1.70. The summed E-state index contributed by atoms with van der Waals surface area (Å²) in [6.45, 7) is 46.6. The van der Waals surface area contributed by atoms with Crippen LogP contribution < -0.4 is 0 Å². The molecule has 1 unspecified atom stereocenters. The van der Waals surface area contributed by atoms with E-state index < -0.39 is 11.2 Å². The normalized spacial score (nSPS) is 18.3. The molecular formula is C46H94O8. The summed E-state index contributed by atoms with van der Waals surface area (Å²) in [5.41, 5.74) is -1.83. The molecule has 0 aromatic rings. The zero-order chi connectivity index (χ0) is 42.7. The number of aliphatic hydroxyl groups excluding tert-OH is 2. The lowest BCUT2D eigenvalue weighted by Gasteiger charge is -2.53. The largest absolute Gasteiger partial charge is 0.502 e. The van der Waals surface area contributed by atoms with Gasteiger partial charge in [0.05, 0.1) is 74.4 Å². The Bertz CT molecular complexity index is 956. The molecule has 1 saturated carbocycles. The zero-order valence-electron chi connectivity index (χ0n) is 39.3. The third kappa shape index (κ3) is 19.1. The molecule has 2 N–H and O–H groups in total. The first-order valence-electron chi connectivity index (χ1n) is 21.2. The number of hydrogen-bond donors (Lipinski definition) is 2. The predicted octanol–water partition coefficient (Wildman–Crippen LogP) is 11.1. The van der Waals surface area contributed by atoms with E-state index in [1.807, 2.05) is 13.8 Å². The highest BCUT2D eigenvalue weighted by atomic mass is 16.5. The third-order valence-electron chi connectivity index (χ3n) is 13.4. The van der Waals surface area contributed by atoms with Crippen LogP contribution >= 0.6 is 0 Å². The quantitative estimate of drug-likeness (QED) is 0.0885. The first-order valence-corrected chi connectivity index (χ1v) is 21.2. The third-order valence-corrected chi connectivity index (χ3v) is 13.4. The van der Waals surface area contributed by atoms with Crippen LogP contribution in [0.3, 0.4) is 0 Å². The van der Waals surface area contributed by atoms with Crippen LogP contribution in [0.1, 0.15) is 170 Å². The standard InChI is InChI=1S/C41H80O6.C3H8O2.C2H6/c1-18-43-29-32-19-21-33(22-20-32)30-46-37(8,9)24-26-45-41(16,17)39(12,13)36(6,7)27-34(28-42)47-40(14,15)35(4,5)23-25-44-38(10,11)31(2)3;1-5-3-2-4;1-2/h18,31-34,42H,1,19-30H2,2-17H3;4H,2-3H2,1H3;1-2H3. The smallest absolute Gasteiger partial charge is 0.0901 e. The van der Waals surface area contributed by atoms with Crippen molar-refractivity contribution in [3.05, 3.63) is 12.8 Å². The number of hydrogen-bond acceptors (Lipinski definition) is 8. The van der Waals surface area contributed by atoms with Gasteiger partial charge in [-0.25, -0.2) is 0 Å². The Kier molecular flexibility index (Phi) is 25.5. The van der Waals surface area contributed by atoms with Crippen molar-refractivity contribution in [3.8, 4) is 0 Å². The van der Waals surface area contributed by atoms with Gasteiger partial charge in [0.1, 0.15) is 0 Å². The fraction of sp³-hybridized carbons (Fsp3) is 0.957. The lowest BCUT2D eigenvalue weighted by atomic mass is 9.58. The van der Waals surface area contributed by atoms with Crippen molar-refractivity contribution in [1.82, 2.24) is 0 Å². The Morgan fingerprint density at radius 1 is 0.667 bits per heavy atom. The van der Waals surface area contributed by atoms with E-state index in [0.29, 0.717) is 37.6 Å². The van der Waals surface area contributed by atoms with Crippen molar-refractivity contribution in [3.63, 3.8) is 0 Å². The highest BCUT2D eigenvalue weighted by Gasteiger charge is 2.50. The minimum Gasteiger partial charge on any atom is -0.502 e. The predicted molar refractivity (Wildman–Crippen MR) is 228 cm³/mol. The van der Waals surface area contributed by atoms with E-state index in [1.54, 1.807) is 13.4 Å². The van der Waals surface area contributed by atoms with Crippen LogP contribution in [0.4, 0.5) is 0 Å². The minimum absolute atomic E-state index is 0.0209.